The van der Waals surface area contributed by atoms with E-state index in [1.807, 2.05) is 12.1 Å². The van der Waals surface area contributed by atoms with Gasteiger partial charge in [-0.1, -0.05) is 12.1 Å². The van der Waals surface area contributed by atoms with E-state index >= 15 is 0 Å². The minimum atomic E-state index is 0.561. The summed E-state index contributed by atoms with van der Waals surface area (Å²) in [5.74, 6) is 0.932. The van der Waals surface area contributed by atoms with Crippen molar-refractivity contribution >= 4 is 0 Å². The molecule has 0 spiro atoms. The minimum absolute atomic E-state index is 0.561. The summed E-state index contributed by atoms with van der Waals surface area (Å²) in [5, 5.41) is 3.47. The molecule has 1 atom stereocenters. The predicted octanol–water partition coefficient (Wildman–Crippen LogP) is 2.12. The van der Waals surface area contributed by atoms with Crippen LogP contribution in [0.5, 0.6) is 5.75 Å². The summed E-state index contributed by atoms with van der Waals surface area (Å²) in [6.45, 7) is 1.15. The molecule has 1 aromatic rings. The topological polar surface area (TPSA) is 21.3 Å². The molecule has 0 bridgehead atoms. The standard InChI is InChI=1S/C11H15NO/c1-13-10-6-4-9(5-7-10)11-3-2-8-12-11/h4-7,11-12H,2-3,8H2,1H3/t11-/m0/s1. The Labute approximate surface area is 78.9 Å². The summed E-state index contributed by atoms with van der Waals surface area (Å²) in [5.41, 5.74) is 1.37. The molecule has 1 N–H and O–H groups in total. The van der Waals surface area contributed by atoms with Crippen LogP contribution in [0.3, 0.4) is 0 Å². The molecular formula is C11H15NO. The fraction of sp³-hybridized carbons (Fsp3) is 0.455. The van der Waals surface area contributed by atoms with E-state index in [0.717, 1.165) is 12.3 Å². The zero-order valence-electron chi connectivity index (χ0n) is 7.92. The maximum absolute atomic E-state index is 5.11. The monoisotopic (exact) mass is 177 g/mol. The molecule has 2 nitrogen and oxygen atoms in total. The third-order valence-electron chi connectivity index (χ3n) is 2.58. The highest BCUT2D eigenvalue weighted by molar-refractivity contribution is 5.29. The molecule has 0 unspecified atom stereocenters. The SMILES string of the molecule is COc1ccc([C@@H]2CCCN2)cc1. The van der Waals surface area contributed by atoms with Crippen molar-refractivity contribution in [1.82, 2.24) is 5.32 Å². The largest absolute Gasteiger partial charge is 0.497 e. The van der Waals surface area contributed by atoms with Gasteiger partial charge in [0.15, 0.2) is 0 Å². The lowest BCUT2D eigenvalue weighted by molar-refractivity contribution is 0.414. The fourth-order valence-corrected chi connectivity index (χ4v) is 1.81. The number of hydrogen-bond donors (Lipinski definition) is 1. The summed E-state index contributed by atoms with van der Waals surface area (Å²) >= 11 is 0. The molecule has 0 aromatic heterocycles. The zero-order valence-corrected chi connectivity index (χ0v) is 7.92. The van der Waals surface area contributed by atoms with Crippen LogP contribution in [-0.2, 0) is 0 Å². The normalized spacial score (nSPS) is 21.8. The molecule has 2 rings (SSSR count). The Kier molecular flexibility index (Phi) is 2.50. The fourth-order valence-electron chi connectivity index (χ4n) is 1.81. The van der Waals surface area contributed by atoms with Crippen molar-refractivity contribution in [2.45, 2.75) is 18.9 Å². The van der Waals surface area contributed by atoms with Gasteiger partial charge in [-0.2, -0.15) is 0 Å². The van der Waals surface area contributed by atoms with Gasteiger partial charge in [0.05, 0.1) is 7.11 Å². The van der Waals surface area contributed by atoms with E-state index in [2.05, 4.69) is 17.4 Å². The predicted molar refractivity (Wildman–Crippen MR) is 53.0 cm³/mol. The van der Waals surface area contributed by atoms with Crippen molar-refractivity contribution < 1.29 is 4.74 Å². The Hall–Kier alpha value is -1.02. The number of rotatable bonds is 2. The highest BCUT2D eigenvalue weighted by Crippen LogP contribution is 2.24. The average molecular weight is 177 g/mol. The average Bonchev–Trinajstić information content (AvgIpc) is 2.71. The van der Waals surface area contributed by atoms with E-state index in [9.17, 15) is 0 Å². The molecule has 1 aliphatic rings. The second-order valence-electron chi connectivity index (χ2n) is 3.42. The van der Waals surface area contributed by atoms with Crippen LogP contribution in [0.4, 0.5) is 0 Å². The van der Waals surface area contributed by atoms with Crippen LogP contribution in [0.1, 0.15) is 24.4 Å². The van der Waals surface area contributed by atoms with Crippen molar-refractivity contribution in [2.75, 3.05) is 13.7 Å². The second kappa shape index (κ2) is 3.79. The number of benzene rings is 1. The van der Waals surface area contributed by atoms with Crippen LogP contribution < -0.4 is 10.1 Å². The molecule has 0 saturated carbocycles. The summed E-state index contributed by atoms with van der Waals surface area (Å²) in [4.78, 5) is 0. The maximum Gasteiger partial charge on any atom is 0.118 e. The summed E-state index contributed by atoms with van der Waals surface area (Å²) in [6.07, 6.45) is 2.54. The molecule has 2 heteroatoms. The molecule has 1 aromatic carbocycles. The Morgan fingerprint density at radius 3 is 2.62 bits per heavy atom. The molecule has 70 valence electrons. The van der Waals surface area contributed by atoms with Gasteiger partial charge in [0.1, 0.15) is 5.75 Å². The molecule has 0 aliphatic carbocycles. The van der Waals surface area contributed by atoms with Gasteiger partial charge < -0.3 is 10.1 Å². The molecule has 0 amide bonds. The smallest absolute Gasteiger partial charge is 0.118 e. The number of methoxy groups -OCH3 is 1. The highest BCUT2D eigenvalue weighted by Gasteiger charge is 2.15. The molecule has 0 radical (unpaired) electrons. The highest BCUT2D eigenvalue weighted by atomic mass is 16.5. The first-order valence-electron chi connectivity index (χ1n) is 4.77. The van der Waals surface area contributed by atoms with Gasteiger partial charge in [0, 0.05) is 6.04 Å². The van der Waals surface area contributed by atoms with E-state index in [1.54, 1.807) is 7.11 Å². The van der Waals surface area contributed by atoms with Gasteiger partial charge in [-0.3, -0.25) is 0 Å². The number of ether oxygens (including phenoxy) is 1. The van der Waals surface area contributed by atoms with Crippen LogP contribution in [0.2, 0.25) is 0 Å². The number of hydrogen-bond acceptors (Lipinski definition) is 2. The van der Waals surface area contributed by atoms with Crippen molar-refractivity contribution in [3.63, 3.8) is 0 Å². The zero-order chi connectivity index (χ0) is 9.10. The first-order valence-corrected chi connectivity index (χ1v) is 4.77. The van der Waals surface area contributed by atoms with E-state index < -0.39 is 0 Å². The van der Waals surface area contributed by atoms with Gasteiger partial charge in [-0.25, -0.2) is 0 Å². The maximum atomic E-state index is 5.11. The van der Waals surface area contributed by atoms with Gasteiger partial charge in [-0.15, -0.1) is 0 Å². The minimum Gasteiger partial charge on any atom is -0.497 e. The Morgan fingerprint density at radius 1 is 1.31 bits per heavy atom. The molecule has 1 fully saturated rings. The molecule has 1 heterocycles. The third kappa shape index (κ3) is 1.83. The lowest BCUT2D eigenvalue weighted by Crippen LogP contribution is -2.12. The second-order valence-corrected chi connectivity index (χ2v) is 3.42. The van der Waals surface area contributed by atoms with E-state index in [0.29, 0.717) is 6.04 Å². The van der Waals surface area contributed by atoms with Crippen molar-refractivity contribution in [1.29, 1.82) is 0 Å². The molecule has 1 aliphatic heterocycles. The van der Waals surface area contributed by atoms with Gasteiger partial charge in [-0.05, 0) is 37.1 Å². The Balaban J connectivity index is 2.12. The van der Waals surface area contributed by atoms with Crippen molar-refractivity contribution in [2.24, 2.45) is 0 Å². The van der Waals surface area contributed by atoms with E-state index in [-0.39, 0.29) is 0 Å². The number of nitrogens with one attached hydrogen (secondary N) is 1. The summed E-state index contributed by atoms with van der Waals surface area (Å²) in [6, 6.07) is 8.89. The van der Waals surface area contributed by atoms with E-state index in [1.165, 1.54) is 18.4 Å². The van der Waals surface area contributed by atoms with Gasteiger partial charge >= 0.3 is 0 Å². The van der Waals surface area contributed by atoms with Crippen LogP contribution in [-0.4, -0.2) is 13.7 Å². The molecule has 13 heavy (non-hydrogen) atoms. The van der Waals surface area contributed by atoms with Gasteiger partial charge in [0.25, 0.3) is 0 Å². The quantitative estimate of drug-likeness (QED) is 0.747. The molecular weight excluding hydrogens is 162 g/mol. The summed E-state index contributed by atoms with van der Waals surface area (Å²) < 4.78 is 5.11. The van der Waals surface area contributed by atoms with Gasteiger partial charge in [0.2, 0.25) is 0 Å². The Bertz CT molecular complexity index is 262. The third-order valence-corrected chi connectivity index (χ3v) is 2.58. The van der Waals surface area contributed by atoms with Crippen LogP contribution in [0, 0.1) is 0 Å². The summed E-state index contributed by atoms with van der Waals surface area (Å²) in [7, 11) is 1.70. The molecule has 1 saturated heterocycles. The van der Waals surface area contributed by atoms with Crippen LogP contribution >= 0.6 is 0 Å². The van der Waals surface area contributed by atoms with E-state index in [4.69, 9.17) is 4.74 Å². The first kappa shape index (κ1) is 8.57. The lowest BCUT2D eigenvalue weighted by Gasteiger charge is -2.10. The van der Waals surface area contributed by atoms with Crippen molar-refractivity contribution in [3.05, 3.63) is 29.8 Å². The first-order chi connectivity index (χ1) is 6.40. The van der Waals surface area contributed by atoms with Crippen molar-refractivity contribution in [3.8, 4) is 5.75 Å². The van der Waals surface area contributed by atoms with Crippen LogP contribution in [0.25, 0.3) is 0 Å². The van der Waals surface area contributed by atoms with Crippen LogP contribution in [0.15, 0.2) is 24.3 Å². The Morgan fingerprint density at radius 2 is 2.08 bits per heavy atom. The lowest BCUT2D eigenvalue weighted by atomic mass is 10.1.